The molecule has 1 unspecified atom stereocenters. The van der Waals surface area contributed by atoms with Gasteiger partial charge in [-0.25, -0.2) is 0 Å². The molecule has 0 aliphatic rings. The molecule has 1 N–H and O–H groups in total. The summed E-state index contributed by atoms with van der Waals surface area (Å²) in [6.07, 6.45) is 3.58. The summed E-state index contributed by atoms with van der Waals surface area (Å²) < 4.78 is 4.94. The van der Waals surface area contributed by atoms with Crippen LogP contribution in [-0.2, 0) is 0 Å². The van der Waals surface area contributed by atoms with E-state index in [1.807, 2.05) is 6.92 Å². The highest BCUT2D eigenvalue weighted by atomic mass is 16.5. The van der Waals surface area contributed by atoms with Crippen LogP contribution in [0.15, 0.2) is 4.52 Å². The summed E-state index contributed by atoms with van der Waals surface area (Å²) in [5.74, 6) is 0.671. The van der Waals surface area contributed by atoms with Crippen LogP contribution in [0.3, 0.4) is 0 Å². The van der Waals surface area contributed by atoms with Crippen LogP contribution in [0.4, 0.5) is 6.01 Å². The minimum absolute atomic E-state index is 0.403. The van der Waals surface area contributed by atoms with Gasteiger partial charge in [0.1, 0.15) is 0 Å². The number of anilines is 1. The molecule has 0 aliphatic heterocycles. The molecule has 0 bridgehead atoms. The molecule has 0 saturated carbocycles. The van der Waals surface area contributed by atoms with Crippen molar-refractivity contribution in [2.24, 2.45) is 0 Å². The van der Waals surface area contributed by atoms with E-state index in [-0.39, 0.29) is 0 Å². The van der Waals surface area contributed by atoms with Gasteiger partial charge in [-0.05, 0) is 20.3 Å². The number of unbranched alkanes of at least 4 members (excludes halogenated alkanes) is 1. The molecule has 13 heavy (non-hydrogen) atoms. The molecule has 0 fully saturated rings. The molecule has 4 heteroatoms. The van der Waals surface area contributed by atoms with Crippen LogP contribution in [-0.4, -0.2) is 16.2 Å². The number of nitrogens with zero attached hydrogens (tertiary/aromatic N) is 2. The first-order valence-electron chi connectivity index (χ1n) is 4.79. The monoisotopic (exact) mass is 183 g/mol. The lowest BCUT2D eigenvalue weighted by molar-refractivity contribution is 0.420. The van der Waals surface area contributed by atoms with E-state index in [2.05, 4.69) is 29.3 Å². The van der Waals surface area contributed by atoms with E-state index in [0.717, 1.165) is 6.42 Å². The molecule has 1 aromatic rings. The minimum atomic E-state index is 0.403. The van der Waals surface area contributed by atoms with Gasteiger partial charge in [0.15, 0.2) is 5.82 Å². The number of hydrogen-bond acceptors (Lipinski definition) is 4. The van der Waals surface area contributed by atoms with Gasteiger partial charge in [-0.3, -0.25) is 0 Å². The first kappa shape index (κ1) is 10.0. The normalized spacial score (nSPS) is 12.8. The summed E-state index contributed by atoms with van der Waals surface area (Å²) in [7, 11) is 0. The second-order valence-electron chi connectivity index (χ2n) is 3.33. The van der Waals surface area contributed by atoms with E-state index in [9.17, 15) is 0 Å². The van der Waals surface area contributed by atoms with Crippen LogP contribution >= 0.6 is 0 Å². The van der Waals surface area contributed by atoms with Crippen LogP contribution in [0.25, 0.3) is 0 Å². The molecule has 4 nitrogen and oxygen atoms in total. The largest absolute Gasteiger partial charge is 0.335 e. The highest BCUT2D eigenvalue weighted by molar-refractivity contribution is 5.19. The predicted molar refractivity (Wildman–Crippen MR) is 51.6 cm³/mol. The van der Waals surface area contributed by atoms with Gasteiger partial charge < -0.3 is 9.84 Å². The Morgan fingerprint density at radius 2 is 2.31 bits per heavy atom. The fraction of sp³-hybridized carbons (Fsp3) is 0.778. The lowest BCUT2D eigenvalue weighted by Gasteiger charge is -2.09. The lowest BCUT2D eigenvalue weighted by Crippen LogP contribution is -2.14. The first-order valence-corrected chi connectivity index (χ1v) is 4.79. The third-order valence-corrected chi connectivity index (χ3v) is 1.89. The SMILES string of the molecule is CCCCC(C)Nc1nc(C)no1. The van der Waals surface area contributed by atoms with Gasteiger partial charge in [-0.2, -0.15) is 4.98 Å². The van der Waals surface area contributed by atoms with Gasteiger partial charge in [-0.1, -0.05) is 24.9 Å². The van der Waals surface area contributed by atoms with E-state index in [1.54, 1.807) is 0 Å². The summed E-state index contributed by atoms with van der Waals surface area (Å²) in [5, 5.41) is 6.86. The average molecular weight is 183 g/mol. The summed E-state index contributed by atoms with van der Waals surface area (Å²) in [5.41, 5.74) is 0. The molecule has 1 aromatic heterocycles. The third-order valence-electron chi connectivity index (χ3n) is 1.89. The van der Waals surface area contributed by atoms with Crippen molar-refractivity contribution in [2.75, 3.05) is 5.32 Å². The Labute approximate surface area is 78.7 Å². The van der Waals surface area contributed by atoms with Crippen molar-refractivity contribution < 1.29 is 4.52 Å². The van der Waals surface area contributed by atoms with Crippen molar-refractivity contribution in [2.45, 2.75) is 46.1 Å². The quantitative estimate of drug-likeness (QED) is 0.761. The number of rotatable bonds is 5. The van der Waals surface area contributed by atoms with E-state index in [1.165, 1.54) is 12.8 Å². The molecular weight excluding hydrogens is 166 g/mol. The summed E-state index contributed by atoms with van der Waals surface area (Å²) >= 11 is 0. The van der Waals surface area contributed by atoms with Crippen LogP contribution in [0.5, 0.6) is 0 Å². The fourth-order valence-electron chi connectivity index (χ4n) is 1.15. The predicted octanol–water partition coefficient (Wildman–Crippen LogP) is 2.37. The van der Waals surface area contributed by atoms with Gasteiger partial charge in [0, 0.05) is 6.04 Å². The Bertz CT molecular complexity index is 247. The Hall–Kier alpha value is -1.06. The van der Waals surface area contributed by atoms with Crippen molar-refractivity contribution in [1.29, 1.82) is 0 Å². The lowest BCUT2D eigenvalue weighted by atomic mass is 10.1. The maximum Gasteiger partial charge on any atom is 0.321 e. The maximum atomic E-state index is 4.94. The zero-order valence-corrected chi connectivity index (χ0v) is 8.50. The second-order valence-corrected chi connectivity index (χ2v) is 3.33. The Kier molecular flexibility index (Phi) is 3.73. The molecular formula is C9H17N3O. The van der Waals surface area contributed by atoms with Crippen molar-refractivity contribution in [3.63, 3.8) is 0 Å². The van der Waals surface area contributed by atoms with Gasteiger partial charge in [-0.15, -0.1) is 0 Å². The molecule has 1 rings (SSSR count). The fourth-order valence-corrected chi connectivity index (χ4v) is 1.15. The van der Waals surface area contributed by atoms with Crippen molar-refractivity contribution in [1.82, 2.24) is 10.1 Å². The smallest absolute Gasteiger partial charge is 0.321 e. The number of nitrogens with one attached hydrogen (secondary N) is 1. The topological polar surface area (TPSA) is 51.0 Å². The van der Waals surface area contributed by atoms with Crippen molar-refractivity contribution in [3.05, 3.63) is 5.82 Å². The van der Waals surface area contributed by atoms with Gasteiger partial charge >= 0.3 is 6.01 Å². The maximum absolute atomic E-state index is 4.94. The van der Waals surface area contributed by atoms with Gasteiger partial charge in [0.25, 0.3) is 0 Å². The number of aromatic nitrogens is 2. The highest BCUT2D eigenvalue weighted by Gasteiger charge is 2.05. The molecule has 0 radical (unpaired) electrons. The van der Waals surface area contributed by atoms with Crippen molar-refractivity contribution >= 4 is 6.01 Å². The molecule has 0 amide bonds. The highest BCUT2D eigenvalue weighted by Crippen LogP contribution is 2.08. The first-order chi connectivity index (χ1) is 6.22. The van der Waals surface area contributed by atoms with Gasteiger partial charge in [0.2, 0.25) is 0 Å². The Morgan fingerprint density at radius 1 is 1.54 bits per heavy atom. The van der Waals surface area contributed by atoms with Crippen molar-refractivity contribution in [3.8, 4) is 0 Å². The van der Waals surface area contributed by atoms with E-state index >= 15 is 0 Å². The van der Waals surface area contributed by atoms with Crippen LogP contribution in [0, 0.1) is 6.92 Å². The zero-order chi connectivity index (χ0) is 9.68. The Morgan fingerprint density at radius 3 is 2.85 bits per heavy atom. The number of aryl methyl sites for hydroxylation is 1. The second kappa shape index (κ2) is 4.84. The molecule has 0 saturated heterocycles. The molecule has 0 aromatic carbocycles. The third kappa shape index (κ3) is 3.44. The van der Waals surface area contributed by atoms with E-state index in [0.29, 0.717) is 17.9 Å². The van der Waals surface area contributed by atoms with Crippen LogP contribution < -0.4 is 5.32 Å². The van der Waals surface area contributed by atoms with Crippen LogP contribution in [0.1, 0.15) is 38.9 Å². The van der Waals surface area contributed by atoms with E-state index < -0.39 is 0 Å². The average Bonchev–Trinajstić information content (AvgIpc) is 2.48. The summed E-state index contributed by atoms with van der Waals surface area (Å²) in [4.78, 5) is 4.07. The minimum Gasteiger partial charge on any atom is -0.335 e. The summed E-state index contributed by atoms with van der Waals surface area (Å²) in [6, 6.07) is 0.931. The standard InChI is InChI=1S/C9H17N3O/c1-4-5-6-7(2)10-9-11-8(3)12-13-9/h7H,4-6H2,1-3H3,(H,10,11,12). The van der Waals surface area contributed by atoms with E-state index in [4.69, 9.17) is 4.52 Å². The van der Waals surface area contributed by atoms with Crippen LogP contribution in [0.2, 0.25) is 0 Å². The molecule has 1 atom stereocenters. The Balaban J connectivity index is 2.31. The molecule has 1 heterocycles. The number of hydrogen-bond donors (Lipinski definition) is 1. The summed E-state index contributed by atoms with van der Waals surface area (Å²) in [6.45, 7) is 6.12. The molecule has 0 spiro atoms. The zero-order valence-electron chi connectivity index (χ0n) is 8.50. The molecule has 0 aliphatic carbocycles. The van der Waals surface area contributed by atoms with Gasteiger partial charge in [0.05, 0.1) is 0 Å². The molecule has 74 valence electrons.